The highest BCUT2D eigenvalue weighted by Crippen LogP contribution is 1.99. The molecule has 0 unspecified atom stereocenters. The molecule has 90 valence electrons. The molecule has 1 rings (SSSR count). The summed E-state index contributed by atoms with van der Waals surface area (Å²) in [6, 6.07) is 4.87. The lowest BCUT2D eigenvalue weighted by Crippen LogP contribution is -2.29. The Labute approximate surface area is 99.2 Å². The van der Waals surface area contributed by atoms with Crippen molar-refractivity contribution in [2.24, 2.45) is 0 Å². The largest absolute Gasteiger partial charge is 0.462 e. The van der Waals surface area contributed by atoms with Crippen LogP contribution in [0.4, 0.5) is 0 Å². The zero-order chi connectivity index (χ0) is 13.0. The van der Waals surface area contributed by atoms with Crippen molar-refractivity contribution in [1.29, 1.82) is 5.26 Å². The number of hydrogen-bond acceptors (Lipinski definition) is 4. The summed E-state index contributed by atoms with van der Waals surface area (Å²) in [6.45, 7) is 5.00. The number of rotatable bonds is 3. The lowest BCUT2D eigenvalue weighted by molar-refractivity contribution is -0.148. The Kier molecular flexibility index (Phi) is 4.05. The predicted molar refractivity (Wildman–Crippen MR) is 61.4 cm³/mol. The summed E-state index contributed by atoms with van der Waals surface area (Å²) in [4.78, 5) is 23.2. The Balaban J connectivity index is 3.03. The number of aromatic nitrogens is 1. The molecule has 0 aromatic carbocycles. The van der Waals surface area contributed by atoms with Crippen molar-refractivity contribution < 1.29 is 9.53 Å². The fourth-order valence-electron chi connectivity index (χ4n) is 1.38. The smallest absolute Gasteiger partial charge is 0.326 e. The van der Waals surface area contributed by atoms with Gasteiger partial charge in [0, 0.05) is 5.69 Å². The molecule has 0 bridgehead atoms. The highest BCUT2D eigenvalue weighted by atomic mass is 16.5. The second-order valence-corrected chi connectivity index (χ2v) is 3.93. The van der Waals surface area contributed by atoms with E-state index >= 15 is 0 Å². The number of aryl methyl sites for hydroxylation is 1. The molecule has 0 aliphatic carbocycles. The van der Waals surface area contributed by atoms with Gasteiger partial charge < -0.3 is 9.30 Å². The second kappa shape index (κ2) is 5.30. The monoisotopic (exact) mass is 234 g/mol. The van der Waals surface area contributed by atoms with E-state index in [1.54, 1.807) is 32.9 Å². The molecular weight excluding hydrogens is 220 g/mol. The molecule has 0 aliphatic heterocycles. The van der Waals surface area contributed by atoms with Crippen LogP contribution in [0, 0.1) is 18.3 Å². The summed E-state index contributed by atoms with van der Waals surface area (Å²) < 4.78 is 6.20. The maximum absolute atomic E-state index is 11.8. The highest BCUT2D eigenvalue weighted by molar-refractivity contribution is 5.69. The molecule has 0 N–H and O–H groups in total. The van der Waals surface area contributed by atoms with E-state index in [0.717, 1.165) is 0 Å². The van der Waals surface area contributed by atoms with E-state index in [0.29, 0.717) is 5.69 Å². The number of hydrogen-bond donors (Lipinski definition) is 0. The first-order valence-corrected chi connectivity index (χ1v) is 5.25. The first-order chi connectivity index (χ1) is 7.95. The molecule has 17 heavy (non-hydrogen) atoms. The van der Waals surface area contributed by atoms with Crippen molar-refractivity contribution in [1.82, 2.24) is 4.57 Å². The third-order valence-electron chi connectivity index (χ3n) is 2.17. The fraction of sp³-hybridized carbons (Fsp3) is 0.417. The summed E-state index contributed by atoms with van der Waals surface area (Å²) in [5.41, 5.74) is 0.177. The summed E-state index contributed by atoms with van der Waals surface area (Å²) in [7, 11) is 0. The van der Waals surface area contributed by atoms with Crippen LogP contribution >= 0.6 is 0 Å². The fourth-order valence-corrected chi connectivity index (χ4v) is 1.38. The Morgan fingerprint density at radius 1 is 1.53 bits per heavy atom. The van der Waals surface area contributed by atoms with Crippen molar-refractivity contribution in [2.45, 2.75) is 33.4 Å². The van der Waals surface area contributed by atoms with E-state index in [9.17, 15) is 9.59 Å². The zero-order valence-electron chi connectivity index (χ0n) is 10.1. The summed E-state index contributed by atoms with van der Waals surface area (Å²) >= 11 is 0. The zero-order valence-corrected chi connectivity index (χ0v) is 10.1. The van der Waals surface area contributed by atoms with Gasteiger partial charge in [0.05, 0.1) is 6.10 Å². The van der Waals surface area contributed by atoms with E-state index in [1.807, 2.05) is 0 Å². The van der Waals surface area contributed by atoms with Gasteiger partial charge in [-0.3, -0.25) is 9.59 Å². The normalized spacial score (nSPS) is 10.1. The van der Waals surface area contributed by atoms with Gasteiger partial charge in [0.25, 0.3) is 5.56 Å². The van der Waals surface area contributed by atoms with E-state index < -0.39 is 11.5 Å². The molecule has 1 heterocycles. The number of carbonyl (C=O) groups is 1. The quantitative estimate of drug-likeness (QED) is 0.731. The van der Waals surface area contributed by atoms with E-state index in [2.05, 4.69) is 0 Å². The SMILES string of the molecule is Cc1ccc(C#N)c(=O)n1CC(=O)OC(C)C. The molecule has 0 spiro atoms. The van der Waals surface area contributed by atoms with Crippen molar-refractivity contribution in [3.05, 3.63) is 33.7 Å². The van der Waals surface area contributed by atoms with Gasteiger partial charge in [-0.1, -0.05) is 0 Å². The summed E-state index contributed by atoms with van der Waals surface area (Å²) in [6.07, 6.45) is -0.224. The molecular formula is C12H14N2O3. The van der Waals surface area contributed by atoms with Crippen LogP contribution in [0.1, 0.15) is 25.1 Å². The number of nitriles is 1. The highest BCUT2D eigenvalue weighted by Gasteiger charge is 2.11. The minimum absolute atomic E-state index is 0.0212. The number of carbonyl (C=O) groups excluding carboxylic acids is 1. The Hall–Kier alpha value is -2.09. The standard InChI is InChI=1S/C12H14N2O3/c1-8(2)17-11(15)7-14-9(3)4-5-10(6-13)12(14)16/h4-5,8H,7H2,1-3H3. The second-order valence-electron chi connectivity index (χ2n) is 3.93. The molecule has 0 fully saturated rings. The molecule has 0 saturated heterocycles. The Morgan fingerprint density at radius 3 is 2.71 bits per heavy atom. The van der Waals surface area contributed by atoms with Gasteiger partial charge in [0.15, 0.2) is 0 Å². The number of esters is 1. The first-order valence-electron chi connectivity index (χ1n) is 5.25. The molecule has 1 aromatic heterocycles. The third-order valence-corrected chi connectivity index (χ3v) is 2.17. The third kappa shape index (κ3) is 3.18. The van der Waals surface area contributed by atoms with Gasteiger partial charge >= 0.3 is 5.97 Å². The van der Waals surface area contributed by atoms with Gasteiger partial charge in [-0.25, -0.2) is 0 Å². The van der Waals surface area contributed by atoms with E-state index in [4.69, 9.17) is 10.00 Å². The van der Waals surface area contributed by atoms with Crippen LogP contribution in [-0.4, -0.2) is 16.6 Å². The van der Waals surface area contributed by atoms with E-state index in [-0.39, 0.29) is 18.2 Å². The molecule has 0 atom stereocenters. The van der Waals surface area contributed by atoms with Crippen molar-refractivity contribution in [3.63, 3.8) is 0 Å². The van der Waals surface area contributed by atoms with Crippen LogP contribution in [0.2, 0.25) is 0 Å². The van der Waals surface area contributed by atoms with Gasteiger partial charge in [0.2, 0.25) is 0 Å². The number of pyridine rings is 1. The van der Waals surface area contributed by atoms with Crippen LogP contribution in [0.3, 0.4) is 0 Å². The van der Waals surface area contributed by atoms with Crippen LogP contribution < -0.4 is 5.56 Å². The van der Waals surface area contributed by atoms with Crippen molar-refractivity contribution >= 4 is 5.97 Å². The Bertz CT molecular complexity index is 524. The molecule has 1 aromatic rings. The van der Waals surface area contributed by atoms with Gasteiger partial charge in [-0.15, -0.1) is 0 Å². The maximum atomic E-state index is 11.8. The molecule has 0 amide bonds. The van der Waals surface area contributed by atoms with Gasteiger partial charge in [-0.2, -0.15) is 5.26 Å². The average Bonchev–Trinajstić information content (AvgIpc) is 2.23. The van der Waals surface area contributed by atoms with Crippen LogP contribution in [0.15, 0.2) is 16.9 Å². The van der Waals surface area contributed by atoms with E-state index in [1.165, 1.54) is 10.6 Å². The average molecular weight is 234 g/mol. The maximum Gasteiger partial charge on any atom is 0.326 e. The molecule has 0 aliphatic rings. The van der Waals surface area contributed by atoms with Gasteiger partial charge in [-0.05, 0) is 32.9 Å². The molecule has 5 heteroatoms. The Morgan fingerprint density at radius 2 is 2.18 bits per heavy atom. The van der Waals surface area contributed by atoms with Crippen LogP contribution in [-0.2, 0) is 16.1 Å². The van der Waals surface area contributed by atoms with Crippen molar-refractivity contribution in [2.75, 3.05) is 0 Å². The topological polar surface area (TPSA) is 72.1 Å². The lowest BCUT2D eigenvalue weighted by atomic mass is 10.2. The molecule has 0 radical (unpaired) electrons. The number of nitrogens with zero attached hydrogens (tertiary/aromatic N) is 2. The number of ether oxygens (including phenoxy) is 1. The molecule has 0 saturated carbocycles. The minimum atomic E-state index is -0.486. The van der Waals surface area contributed by atoms with Crippen LogP contribution in [0.5, 0.6) is 0 Å². The first kappa shape index (κ1) is 13.0. The van der Waals surface area contributed by atoms with Crippen molar-refractivity contribution in [3.8, 4) is 6.07 Å². The molecule has 5 nitrogen and oxygen atoms in total. The van der Waals surface area contributed by atoms with Crippen LogP contribution in [0.25, 0.3) is 0 Å². The summed E-state index contributed by atoms with van der Waals surface area (Å²) in [5.74, 6) is -0.486. The van der Waals surface area contributed by atoms with Gasteiger partial charge in [0.1, 0.15) is 18.2 Å². The predicted octanol–water partition coefficient (Wildman–Crippen LogP) is 0.980. The minimum Gasteiger partial charge on any atom is -0.462 e. The lowest BCUT2D eigenvalue weighted by Gasteiger charge is -2.11. The summed E-state index contributed by atoms with van der Waals surface area (Å²) in [5, 5.41) is 8.73.